The van der Waals surface area contributed by atoms with Gasteiger partial charge in [0.1, 0.15) is 5.82 Å². The summed E-state index contributed by atoms with van der Waals surface area (Å²) in [6.07, 6.45) is 1.60. The first-order chi connectivity index (χ1) is 13.0. The fraction of sp³-hybridized carbons (Fsp3) is 0.556. The number of ether oxygens (including phenoxy) is 2. The van der Waals surface area contributed by atoms with Gasteiger partial charge in [0.15, 0.2) is 0 Å². The van der Waals surface area contributed by atoms with Crippen LogP contribution in [0, 0.1) is 6.92 Å². The predicted molar refractivity (Wildman–Crippen MR) is 100 cm³/mol. The van der Waals surface area contributed by atoms with Crippen LogP contribution in [0.1, 0.15) is 18.4 Å². The second kappa shape index (κ2) is 12.8. The van der Waals surface area contributed by atoms with Crippen LogP contribution in [-0.4, -0.2) is 74.7 Å². The van der Waals surface area contributed by atoms with Gasteiger partial charge in [-0.25, -0.2) is 4.98 Å². The van der Waals surface area contributed by atoms with Crippen molar-refractivity contribution in [2.24, 2.45) is 0 Å². The molecule has 0 radical (unpaired) electrons. The van der Waals surface area contributed by atoms with Crippen LogP contribution in [0.2, 0.25) is 0 Å². The van der Waals surface area contributed by atoms with Crippen LogP contribution in [0.3, 0.4) is 0 Å². The molecular weight excluding hydrogens is 352 g/mol. The molecule has 27 heavy (non-hydrogen) atoms. The Kier molecular flexibility index (Phi) is 10.7. The monoisotopic (exact) mass is 380 g/mol. The Morgan fingerprint density at radius 2 is 1.85 bits per heavy atom. The van der Waals surface area contributed by atoms with Crippen LogP contribution in [0.15, 0.2) is 18.3 Å². The first-order valence-corrected chi connectivity index (χ1v) is 8.71. The summed E-state index contributed by atoms with van der Waals surface area (Å²) in [6.45, 7) is 3.14. The van der Waals surface area contributed by atoms with E-state index in [1.54, 1.807) is 12.3 Å². The molecule has 0 aromatic carbocycles. The minimum Gasteiger partial charge on any atom is -0.383 e. The van der Waals surface area contributed by atoms with Crippen molar-refractivity contribution in [2.75, 3.05) is 52.4 Å². The molecular formula is C18H28N4O5. The average molecular weight is 380 g/mol. The van der Waals surface area contributed by atoms with E-state index in [0.717, 1.165) is 5.56 Å². The molecule has 0 aliphatic heterocycles. The zero-order valence-corrected chi connectivity index (χ0v) is 16.1. The lowest BCUT2D eigenvalue weighted by Gasteiger charge is -2.22. The molecule has 9 heteroatoms. The van der Waals surface area contributed by atoms with Gasteiger partial charge >= 0.3 is 0 Å². The highest BCUT2D eigenvalue weighted by atomic mass is 16.5. The van der Waals surface area contributed by atoms with E-state index < -0.39 is 0 Å². The second-order valence-electron chi connectivity index (χ2n) is 5.92. The highest BCUT2D eigenvalue weighted by Gasteiger charge is 2.18. The van der Waals surface area contributed by atoms with E-state index >= 15 is 0 Å². The Morgan fingerprint density at radius 3 is 2.52 bits per heavy atom. The van der Waals surface area contributed by atoms with Gasteiger partial charge in [-0.3, -0.25) is 14.4 Å². The molecule has 0 atom stereocenters. The first kappa shape index (κ1) is 22.5. The zero-order valence-electron chi connectivity index (χ0n) is 16.1. The van der Waals surface area contributed by atoms with Gasteiger partial charge in [0.2, 0.25) is 17.7 Å². The number of nitrogens with one attached hydrogen (secondary N) is 2. The third-order valence-corrected chi connectivity index (χ3v) is 3.63. The molecule has 0 saturated heterocycles. The fourth-order valence-electron chi connectivity index (χ4n) is 2.20. The van der Waals surface area contributed by atoms with E-state index in [0.29, 0.717) is 25.6 Å². The van der Waals surface area contributed by atoms with Crippen molar-refractivity contribution >= 4 is 23.5 Å². The molecule has 1 heterocycles. The van der Waals surface area contributed by atoms with Crippen molar-refractivity contribution in [1.29, 1.82) is 0 Å². The summed E-state index contributed by atoms with van der Waals surface area (Å²) in [5.41, 5.74) is 0.974. The zero-order chi connectivity index (χ0) is 20.1. The molecule has 0 saturated carbocycles. The third kappa shape index (κ3) is 9.66. The van der Waals surface area contributed by atoms with E-state index in [9.17, 15) is 14.4 Å². The van der Waals surface area contributed by atoms with Crippen molar-refractivity contribution in [3.63, 3.8) is 0 Å². The maximum atomic E-state index is 12.4. The quantitative estimate of drug-likeness (QED) is 0.506. The number of aromatic nitrogens is 1. The largest absolute Gasteiger partial charge is 0.383 e. The topological polar surface area (TPSA) is 110 Å². The van der Waals surface area contributed by atoms with Crippen LogP contribution in [0.25, 0.3) is 0 Å². The maximum Gasteiger partial charge on any atom is 0.239 e. The molecule has 150 valence electrons. The molecule has 1 aromatic rings. The smallest absolute Gasteiger partial charge is 0.239 e. The molecule has 0 aliphatic rings. The summed E-state index contributed by atoms with van der Waals surface area (Å²) in [7, 11) is 3.06. The number of nitrogens with zero attached hydrogens (tertiary/aromatic N) is 2. The SMILES string of the molecule is COCCNC(=O)CN(CCOC)C(=O)CCC(=O)Nc1cc(C)ccn1. The van der Waals surface area contributed by atoms with Crippen LogP contribution >= 0.6 is 0 Å². The Labute approximate surface area is 159 Å². The number of pyridine rings is 1. The van der Waals surface area contributed by atoms with Crippen molar-refractivity contribution in [3.05, 3.63) is 23.9 Å². The third-order valence-electron chi connectivity index (χ3n) is 3.63. The van der Waals surface area contributed by atoms with Crippen molar-refractivity contribution in [2.45, 2.75) is 19.8 Å². The number of amides is 3. The Balaban J connectivity index is 2.49. The number of anilines is 1. The average Bonchev–Trinajstić information content (AvgIpc) is 2.63. The van der Waals surface area contributed by atoms with Gasteiger partial charge in [-0.05, 0) is 24.6 Å². The molecule has 2 N–H and O–H groups in total. The maximum absolute atomic E-state index is 12.4. The van der Waals surface area contributed by atoms with Crippen molar-refractivity contribution in [1.82, 2.24) is 15.2 Å². The van der Waals surface area contributed by atoms with Crippen LogP contribution in [0.5, 0.6) is 0 Å². The number of methoxy groups -OCH3 is 2. The second-order valence-corrected chi connectivity index (χ2v) is 5.92. The molecule has 3 amide bonds. The van der Waals surface area contributed by atoms with Gasteiger partial charge in [-0.2, -0.15) is 0 Å². The lowest BCUT2D eigenvalue weighted by molar-refractivity contribution is -0.137. The minimum absolute atomic E-state index is 0.00321. The predicted octanol–water partition coefficient (Wildman–Crippen LogP) is 0.346. The highest BCUT2D eigenvalue weighted by Crippen LogP contribution is 2.07. The number of hydrogen-bond donors (Lipinski definition) is 2. The molecule has 1 aromatic heterocycles. The van der Waals surface area contributed by atoms with Crippen LogP contribution < -0.4 is 10.6 Å². The van der Waals surface area contributed by atoms with Gasteiger partial charge in [-0.15, -0.1) is 0 Å². The van der Waals surface area contributed by atoms with Gasteiger partial charge < -0.3 is 25.0 Å². The first-order valence-electron chi connectivity index (χ1n) is 8.71. The van der Waals surface area contributed by atoms with Gasteiger partial charge in [-0.1, -0.05) is 0 Å². The number of carbonyl (C=O) groups excluding carboxylic acids is 3. The normalized spacial score (nSPS) is 10.3. The van der Waals surface area contributed by atoms with Crippen molar-refractivity contribution in [3.8, 4) is 0 Å². The summed E-state index contributed by atoms with van der Waals surface area (Å²) in [6, 6.07) is 3.57. The number of rotatable bonds is 12. The van der Waals surface area contributed by atoms with Gasteiger partial charge in [0.25, 0.3) is 0 Å². The Hall–Kier alpha value is -2.52. The van der Waals surface area contributed by atoms with E-state index in [2.05, 4.69) is 15.6 Å². The molecule has 1 rings (SSSR count). The van der Waals surface area contributed by atoms with Gasteiger partial charge in [0.05, 0.1) is 19.8 Å². The summed E-state index contributed by atoms with van der Waals surface area (Å²) < 4.78 is 9.85. The van der Waals surface area contributed by atoms with Crippen LogP contribution in [-0.2, 0) is 23.9 Å². The molecule has 0 spiro atoms. The van der Waals surface area contributed by atoms with E-state index in [1.165, 1.54) is 19.1 Å². The molecule has 9 nitrogen and oxygen atoms in total. The Morgan fingerprint density at radius 1 is 1.11 bits per heavy atom. The Bertz CT molecular complexity index is 624. The van der Waals surface area contributed by atoms with Crippen molar-refractivity contribution < 1.29 is 23.9 Å². The standard InChI is InChI=1S/C18H28N4O5/c1-14-6-7-19-15(12-14)21-16(23)4-5-18(25)22(9-11-27-3)13-17(24)20-8-10-26-2/h6-7,12H,4-5,8-11,13H2,1-3H3,(H,20,24)(H,19,21,23). The van der Waals surface area contributed by atoms with E-state index in [1.807, 2.05) is 13.0 Å². The number of carbonyl (C=O) groups is 3. The molecule has 0 bridgehead atoms. The molecule has 0 unspecified atom stereocenters. The number of hydrogen-bond acceptors (Lipinski definition) is 6. The summed E-state index contributed by atoms with van der Waals surface area (Å²) in [5.74, 6) is -0.440. The lowest BCUT2D eigenvalue weighted by Crippen LogP contribution is -2.43. The van der Waals surface area contributed by atoms with Gasteiger partial charge in [0, 0.05) is 46.3 Å². The molecule has 0 aliphatic carbocycles. The summed E-state index contributed by atoms with van der Waals surface area (Å²) in [4.78, 5) is 41.8. The summed E-state index contributed by atoms with van der Waals surface area (Å²) in [5, 5.41) is 5.32. The highest BCUT2D eigenvalue weighted by molar-refractivity contribution is 5.93. The van der Waals surface area contributed by atoms with E-state index in [4.69, 9.17) is 9.47 Å². The lowest BCUT2D eigenvalue weighted by atomic mass is 10.2. The number of aryl methyl sites for hydroxylation is 1. The fourth-order valence-corrected chi connectivity index (χ4v) is 2.20. The van der Waals surface area contributed by atoms with Crippen LogP contribution in [0.4, 0.5) is 5.82 Å². The van der Waals surface area contributed by atoms with E-state index in [-0.39, 0.29) is 43.7 Å². The minimum atomic E-state index is -0.308. The molecule has 0 fully saturated rings. The summed E-state index contributed by atoms with van der Waals surface area (Å²) >= 11 is 0.